The molecule has 1 aliphatic rings. The number of hydrogen-bond acceptors (Lipinski definition) is 5. The van der Waals surface area contributed by atoms with E-state index in [1.807, 2.05) is 12.1 Å². The zero-order valence-corrected chi connectivity index (χ0v) is 20.5. The molecule has 3 aromatic rings. The lowest BCUT2D eigenvalue weighted by Crippen LogP contribution is -2.38. The van der Waals surface area contributed by atoms with E-state index in [9.17, 15) is 13.2 Å². The van der Waals surface area contributed by atoms with Crippen LogP contribution >= 0.6 is 23.2 Å². The summed E-state index contributed by atoms with van der Waals surface area (Å²) in [5.41, 5.74) is 1.78. The number of nitrogens with one attached hydrogen (secondary N) is 1. The Morgan fingerprint density at radius 3 is 2.18 bits per heavy atom. The van der Waals surface area contributed by atoms with E-state index >= 15 is 0 Å². The van der Waals surface area contributed by atoms with Crippen molar-refractivity contribution in [2.24, 2.45) is 0 Å². The van der Waals surface area contributed by atoms with E-state index < -0.39 is 22.5 Å². The van der Waals surface area contributed by atoms with Crippen LogP contribution in [0.4, 0.5) is 17.1 Å². The number of hydrogen-bond donors (Lipinski definition) is 1. The number of anilines is 3. The van der Waals surface area contributed by atoms with Gasteiger partial charge in [-0.25, -0.2) is 8.42 Å². The van der Waals surface area contributed by atoms with Gasteiger partial charge in [-0.3, -0.25) is 9.10 Å². The minimum Gasteiger partial charge on any atom is -0.378 e. The molecule has 0 atom stereocenters. The molecule has 0 aliphatic carbocycles. The fourth-order valence-electron chi connectivity index (χ4n) is 3.63. The first-order chi connectivity index (χ1) is 16.3. The van der Waals surface area contributed by atoms with E-state index in [0.717, 1.165) is 23.1 Å². The first-order valence-electron chi connectivity index (χ1n) is 10.6. The first-order valence-corrected chi connectivity index (χ1v) is 12.8. The molecule has 0 radical (unpaired) electrons. The highest BCUT2D eigenvalue weighted by atomic mass is 35.5. The number of morpholine rings is 1. The Morgan fingerprint density at radius 1 is 0.941 bits per heavy atom. The van der Waals surface area contributed by atoms with Crippen molar-refractivity contribution in [2.45, 2.75) is 4.90 Å². The van der Waals surface area contributed by atoms with Crippen molar-refractivity contribution in [3.05, 3.63) is 82.8 Å². The van der Waals surface area contributed by atoms with Crippen LogP contribution in [0.3, 0.4) is 0 Å². The van der Waals surface area contributed by atoms with Crippen LogP contribution in [0.15, 0.2) is 77.7 Å². The van der Waals surface area contributed by atoms with Crippen LogP contribution in [0.5, 0.6) is 0 Å². The molecular formula is C24H23Cl2N3O4S. The molecule has 1 amide bonds. The second-order valence-corrected chi connectivity index (χ2v) is 10.4. The average Bonchev–Trinajstić information content (AvgIpc) is 2.83. The molecule has 10 heteroatoms. The van der Waals surface area contributed by atoms with Gasteiger partial charge in [0.15, 0.2) is 0 Å². The summed E-state index contributed by atoms with van der Waals surface area (Å²) in [5, 5.41) is 3.29. The molecule has 1 fully saturated rings. The summed E-state index contributed by atoms with van der Waals surface area (Å²) in [6.45, 7) is 2.51. The van der Waals surface area contributed by atoms with E-state index in [1.54, 1.807) is 30.3 Å². The lowest BCUT2D eigenvalue weighted by molar-refractivity contribution is -0.114. The molecule has 1 aliphatic heterocycles. The predicted octanol–water partition coefficient (Wildman–Crippen LogP) is 4.66. The van der Waals surface area contributed by atoms with Crippen molar-refractivity contribution in [3.8, 4) is 0 Å². The second-order valence-electron chi connectivity index (χ2n) is 7.65. The molecule has 3 aromatic carbocycles. The van der Waals surface area contributed by atoms with Gasteiger partial charge in [-0.1, -0.05) is 41.4 Å². The highest BCUT2D eigenvalue weighted by Gasteiger charge is 2.27. The SMILES string of the molecule is O=C(CN(c1cc(Cl)cc(Cl)c1)S(=O)(=O)c1ccccc1)Nc1ccc(N2CCOCC2)cc1. The molecule has 0 unspecified atom stereocenters. The molecule has 4 rings (SSSR count). The normalized spacial score (nSPS) is 14.0. The maximum Gasteiger partial charge on any atom is 0.264 e. The third-order valence-electron chi connectivity index (χ3n) is 5.28. The van der Waals surface area contributed by atoms with Crippen LogP contribution in [0.1, 0.15) is 0 Å². The summed E-state index contributed by atoms with van der Waals surface area (Å²) in [4.78, 5) is 15.2. The minimum atomic E-state index is -4.06. The molecule has 7 nitrogen and oxygen atoms in total. The number of ether oxygens (including phenoxy) is 1. The Balaban J connectivity index is 1.56. The molecule has 0 spiro atoms. The van der Waals surface area contributed by atoms with E-state index in [1.165, 1.54) is 30.3 Å². The van der Waals surface area contributed by atoms with Crippen molar-refractivity contribution in [3.63, 3.8) is 0 Å². The van der Waals surface area contributed by atoms with Crippen LogP contribution in [-0.4, -0.2) is 47.2 Å². The third-order valence-corrected chi connectivity index (χ3v) is 7.51. The Hall–Kier alpha value is -2.78. The average molecular weight is 520 g/mol. The number of carbonyl (C=O) groups excluding carboxylic acids is 1. The number of nitrogens with zero attached hydrogens (tertiary/aromatic N) is 2. The molecule has 1 heterocycles. The van der Waals surface area contributed by atoms with E-state index in [4.69, 9.17) is 27.9 Å². The lowest BCUT2D eigenvalue weighted by atomic mass is 10.2. The van der Waals surface area contributed by atoms with Crippen molar-refractivity contribution in [1.82, 2.24) is 0 Å². The molecule has 1 saturated heterocycles. The minimum absolute atomic E-state index is 0.0498. The van der Waals surface area contributed by atoms with E-state index in [2.05, 4.69) is 10.2 Å². The molecule has 1 N–H and O–H groups in total. The Morgan fingerprint density at radius 2 is 1.56 bits per heavy atom. The van der Waals surface area contributed by atoms with Gasteiger partial charge in [0.25, 0.3) is 10.0 Å². The number of halogens is 2. The summed E-state index contributed by atoms with van der Waals surface area (Å²) in [7, 11) is -4.06. The summed E-state index contributed by atoms with van der Waals surface area (Å²) in [6, 6.07) is 19.7. The van der Waals surface area contributed by atoms with Crippen molar-refractivity contribution >= 4 is 56.2 Å². The number of carbonyl (C=O) groups is 1. The monoisotopic (exact) mass is 519 g/mol. The van der Waals surface area contributed by atoms with Gasteiger partial charge >= 0.3 is 0 Å². The van der Waals surface area contributed by atoms with Gasteiger partial charge in [0.1, 0.15) is 6.54 Å². The van der Waals surface area contributed by atoms with Crippen molar-refractivity contribution < 1.29 is 17.9 Å². The van der Waals surface area contributed by atoms with Gasteiger partial charge < -0.3 is 15.0 Å². The fourth-order valence-corrected chi connectivity index (χ4v) is 5.57. The number of sulfonamides is 1. The lowest BCUT2D eigenvalue weighted by Gasteiger charge is -2.29. The Bertz CT molecular complexity index is 1230. The second kappa shape index (κ2) is 10.7. The van der Waals surface area contributed by atoms with Crippen LogP contribution in [-0.2, 0) is 19.6 Å². The predicted molar refractivity (Wildman–Crippen MR) is 136 cm³/mol. The summed E-state index contributed by atoms with van der Waals surface area (Å²) in [6.07, 6.45) is 0. The zero-order chi connectivity index (χ0) is 24.1. The van der Waals surface area contributed by atoms with Gasteiger partial charge in [0, 0.05) is 34.5 Å². The fraction of sp³-hybridized carbons (Fsp3) is 0.208. The third kappa shape index (κ3) is 5.82. The molecular weight excluding hydrogens is 497 g/mol. The maximum absolute atomic E-state index is 13.4. The molecule has 0 saturated carbocycles. The van der Waals surface area contributed by atoms with Gasteiger partial charge in [-0.15, -0.1) is 0 Å². The number of amides is 1. The Labute approximate surface area is 208 Å². The van der Waals surface area contributed by atoms with Crippen LogP contribution < -0.4 is 14.5 Å². The summed E-state index contributed by atoms with van der Waals surface area (Å²) >= 11 is 12.2. The van der Waals surface area contributed by atoms with Gasteiger partial charge in [0.05, 0.1) is 23.8 Å². The van der Waals surface area contributed by atoms with Gasteiger partial charge in [-0.05, 0) is 54.6 Å². The largest absolute Gasteiger partial charge is 0.378 e. The van der Waals surface area contributed by atoms with E-state index in [0.29, 0.717) is 18.9 Å². The van der Waals surface area contributed by atoms with Crippen molar-refractivity contribution in [2.75, 3.05) is 47.4 Å². The standard InChI is InChI=1S/C24H23Cl2N3O4S/c25-18-14-19(26)16-22(15-18)29(34(31,32)23-4-2-1-3-5-23)17-24(30)27-20-6-8-21(9-7-20)28-10-12-33-13-11-28/h1-9,14-16H,10-13,17H2,(H,27,30). The molecule has 0 bridgehead atoms. The first kappa shape index (κ1) is 24.3. The highest BCUT2D eigenvalue weighted by Crippen LogP contribution is 2.30. The van der Waals surface area contributed by atoms with Crippen LogP contribution in [0.25, 0.3) is 0 Å². The van der Waals surface area contributed by atoms with Gasteiger partial charge in [-0.2, -0.15) is 0 Å². The quantitative estimate of drug-likeness (QED) is 0.490. The molecule has 178 valence electrons. The van der Waals surface area contributed by atoms with Crippen LogP contribution in [0, 0.1) is 0 Å². The molecule has 34 heavy (non-hydrogen) atoms. The smallest absolute Gasteiger partial charge is 0.264 e. The summed E-state index contributed by atoms with van der Waals surface area (Å²) in [5.74, 6) is -0.505. The van der Waals surface area contributed by atoms with Crippen molar-refractivity contribution in [1.29, 1.82) is 0 Å². The van der Waals surface area contributed by atoms with E-state index in [-0.39, 0.29) is 20.6 Å². The van der Waals surface area contributed by atoms with Gasteiger partial charge in [0.2, 0.25) is 5.91 Å². The zero-order valence-electron chi connectivity index (χ0n) is 18.2. The number of benzene rings is 3. The topological polar surface area (TPSA) is 79.0 Å². The number of rotatable bonds is 7. The maximum atomic E-state index is 13.4. The summed E-state index contributed by atoms with van der Waals surface area (Å²) < 4.78 is 33.2. The Kier molecular flexibility index (Phi) is 7.63. The highest BCUT2D eigenvalue weighted by molar-refractivity contribution is 7.92. The molecule has 0 aromatic heterocycles. The van der Waals surface area contributed by atoms with Crippen LogP contribution in [0.2, 0.25) is 10.0 Å².